The summed E-state index contributed by atoms with van der Waals surface area (Å²) in [6.45, 7) is 14.5. The third-order valence-corrected chi connectivity index (χ3v) is 20.8. The molecule has 244 valence electrons. The Bertz CT molecular complexity index is 1470. The van der Waals surface area contributed by atoms with Gasteiger partial charge in [-0.05, 0) is 49.1 Å². The average molecular weight is 661 g/mol. The van der Waals surface area contributed by atoms with Gasteiger partial charge in [0, 0.05) is 25.0 Å². The van der Waals surface area contributed by atoms with Gasteiger partial charge in [0.05, 0.1) is 0 Å². The van der Waals surface area contributed by atoms with Crippen molar-refractivity contribution in [2.24, 2.45) is 23.7 Å². The Labute approximate surface area is 282 Å². The van der Waals surface area contributed by atoms with E-state index in [1.807, 2.05) is 0 Å². The summed E-state index contributed by atoms with van der Waals surface area (Å²) < 4.78 is 14.8. The van der Waals surface area contributed by atoms with Crippen molar-refractivity contribution in [1.29, 1.82) is 0 Å². The summed E-state index contributed by atoms with van der Waals surface area (Å²) in [5.74, 6) is -1.26. The van der Waals surface area contributed by atoms with Gasteiger partial charge in [-0.1, -0.05) is 163 Å². The summed E-state index contributed by atoms with van der Waals surface area (Å²) in [6.07, 6.45) is 0.598. The van der Waals surface area contributed by atoms with Crippen molar-refractivity contribution in [3.63, 3.8) is 0 Å². The second-order valence-electron chi connectivity index (χ2n) is 15.5. The highest BCUT2D eigenvalue weighted by atomic mass is 28.4. The average Bonchev–Trinajstić information content (AvgIpc) is 3.57. The zero-order valence-electron chi connectivity index (χ0n) is 28.6. The van der Waals surface area contributed by atoms with Gasteiger partial charge >= 0.3 is 0 Å². The van der Waals surface area contributed by atoms with Crippen LogP contribution in [0.3, 0.4) is 0 Å². The first kappa shape index (κ1) is 33.5. The van der Waals surface area contributed by atoms with Crippen LogP contribution in [0.15, 0.2) is 121 Å². The van der Waals surface area contributed by atoms with Crippen molar-refractivity contribution in [2.75, 3.05) is 13.2 Å². The minimum Gasteiger partial charge on any atom is -0.407 e. The number of carbonyl (C=O) groups is 2. The molecule has 0 N–H and O–H groups in total. The highest BCUT2D eigenvalue weighted by Crippen LogP contribution is 2.50. The van der Waals surface area contributed by atoms with Crippen LogP contribution in [0.4, 0.5) is 0 Å². The van der Waals surface area contributed by atoms with Crippen molar-refractivity contribution < 1.29 is 18.4 Å². The first-order chi connectivity index (χ1) is 22.4. The number of carbonyl (C=O) groups excluding carboxylic acids is 2. The summed E-state index contributed by atoms with van der Waals surface area (Å²) in [7, 11) is -5.67. The van der Waals surface area contributed by atoms with E-state index in [1.54, 1.807) is 0 Å². The van der Waals surface area contributed by atoms with Gasteiger partial charge in [-0.15, -0.1) is 0 Å². The van der Waals surface area contributed by atoms with Crippen LogP contribution in [0.5, 0.6) is 0 Å². The topological polar surface area (TPSA) is 52.6 Å². The summed E-state index contributed by atoms with van der Waals surface area (Å²) in [6, 6.07) is 42.5. The van der Waals surface area contributed by atoms with E-state index in [4.69, 9.17) is 8.85 Å². The summed E-state index contributed by atoms with van der Waals surface area (Å²) >= 11 is 0. The van der Waals surface area contributed by atoms with E-state index in [0.717, 1.165) is 0 Å². The maximum atomic E-state index is 13.4. The van der Waals surface area contributed by atoms with Crippen molar-refractivity contribution in [3.05, 3.63) is 121 Å². The molecule has 0 radical (unpaired) electrons. The second kappa shape index (κ2) is 12.9. The molecule has 0 heterocycles. The molecule has 4 aromatic carbocycles. The Morgan fingerprint density at radius 2 is 0.745 bits per heavy atom. The van der Waals surface area contributed by atoms with Crippen LogP contribution in [-0.4, -0.2) is 41.4 Å². The van der Waals surface area contributed by atoms with Crippen LogP contribution < -0.4 is 20.7 Å². The molecule has 2 saturated carbocycles. The lowest BCUT2D eigenvalue weighted by atomic mass is 9.79. The fraction of sp³-hybridized carbons (Fsp3) is 0.366. The molecule has 4 nitrogen and oxygen atoms in total. The van der Waals surface area contributed by atoms with Gasteiger partial charge in [0.25, 0.3) is 16.6 Å². The molecule has 0 amide bonds. The monoisotopic (exact) mass is 660 g/mol. The van der Waals surface area contributed by atoms with Crippen LogP contribution in [0, 0.1) is 23.7 Å². The third kappa shape index (κ3) is 5.73. The Morgan fingerprint density at radius 1 is 0.489 bits per heavy atom. The SMILES string of the molecule is CC(C)(C)[Si](OC[C@@H]1[C@H](CO[Si](c2ccccc2)(c2ccccc2)C(C)(C)C)[C@H]2C[C@@H]1C(=O)C2=O)(c1ccccc1)c1ccccc1. The first-order valence-electron chi connectivity index (χ1n) is 17.0. The molecule has 6 rings (SSSR count). The maximum absolute atomic E-state index is 13.4. The summed E-state index contributed by atoms with van der Waals surface area (Å²) in [4.78, 5) is 26.7. The van der Waals surface area contributed by atoms with E-state index >= 15 is 0 Å². The third-order valence-electron chi connectivity index (χ3n) is 10.8. The van der Waals surface area contributed by atoms with E-state index in [9.17, 15) is 9.59 Å². The number of Topliss-reactive ketones (excluding diaryl/α,β-unsaturated/α-hetero) is 2. The number of rotatable bonds is 10. The molecule has 2 bridgehead atoms. The van der Waals surface area contributed by atoms with Crippen LogP contribution in [0.2, 0.25) is 10.1 Å². The van der Waals surface area contributed by atoms with Crippen LogP contribution in [-0.2, 0) is 18.4 Å². The Balaban J connectivity index is 1.39. The number of hydrogen-bond donors (Lipinski definition) is 0. The van der Waals surface area contributed by atoms with Gasteiger partial charge in [0.2, 0.25) is 11.6 Å². The van der Waals surface area contributed by atoms with E-state index in [0.29, 0.717) is 19.6 Å². The predicted molar refractivity (Wildman–Crippen MR) is 196 cm³/mol. The fourth-order valence-electron chi connectivity index (χ4n) is 8.63. The zero-order valence-corrected chi connectivity index (χ0v) is 30.6. The van der Waals surface area contributed by atoms with Crippen molar-refractivity contribution in [1.82, 2.24) is 0 Å². The number of benzene rings is 4. The Hall–Kier alpha value is -3.43. The fourth-order valence-corrected chi connectivity index (χ4v) is 17.8. The van der Waals surface area contributed by atoms with E-state index in [2.05, 4.69) is 163 Å². The van der Waals surface area contributed by atoms with E-state index in [-0.39, 0.29) is 45.3 Å². The van der Waals surface area contributed by atoms with Crippen LogP contribution in [0.1, 0.15) is 48.0 Å². The summed E-state index contributed by atoms with van der Waals surface area (Å²) in [5.41, 5.74) is 0. The molecule has 0 unspecified atom stereocenters. The molecule has 47 heavy (non-hydrogen) atoms. The minimum atomic E-state index is -2.84. The highest BCUT2D eigenvalue weighted by Gasteiger charge is 2.60. The Kier molecular flexibility index (Phi) is 9.18. The van der Waals surface area contributed by atoms with E-state index in [1.165, 1.54) is 20.7 Å². The molecule has 0 aliphatic heterocycles. The molecule has 0 aromatic heterocycles. The van der Waals surface area contributed by atoms with Crippen molar-refractivity contribution in [2.45, 2.75) is 58.0 Å². The largest absolute Gasteiger partial charge is 0.407 e. The van der Waals surface area contributed by atoms with Crippen molar-refractivity contribution >= 4 is 48.9 Å². The highest BCUT2D eigenvalue weighted by molar-refractivity contribution is 7.00. The lowest BCUT2D eigenvalue weighted by Gasteiger charge is -2.46. The molecular weight excluding hydrogens is 613 g/mol. The summed E-state index contributed by atoms with van der Waals surface area (Å²) in [5, 5.41) is 4.48. The molecule has 0 saturated heterocycles. The van der Waals surface area contributed by atoms with Gasteiger partial charge in [0.1, 0.15) is 0 Å². The molecule has 2 aliphatic carbocycles. The van der Waals surface area contributed by atoms with Crippen molar-refractivity contribution in [3.8, 4) is 0 Å². The smallest absolute Gasteiger partial charge is 0.261 e. The normalized spacial score (nSPS) is 21.7. The number of ketones is 2. The maximum Gasteiger partial charge on any atom is 0.261 e. The minimum absolute atomic E-state index is 0.0925. The van der Waals surface area contributed by atoms with Crippen LogP contribution in [0.25, 0.3) is 0 Å². The molecule has 6 heteroatoms. The van der Waals surface area contributed by atoms with Crippen LogP contribution >= 0.6 is 0 Å². The zero-order chi connectivity index (χ0) is 33.5. The Morgan fingerprint density at radius 3 is 0.979 bits per heavy atom. The van der Waals surface area contributed by atoms with Gasteiger partial charge in [-0.3, -0.25) is 9.59 Å². The lowest BCUT2D eigenvalue weighted by Crippen LogP contribution is -2.67. The lowest BCUT2D eigenvalue weighted by molar-refractivity contribution is -0.142. The first-order valence-corrected chi connectivity index (χ1v) is 20.8. The molecule has 2 fully saturated rings. The van der Waals surface area contributed by atoms with Gasteiger partial charge in [0.15, 0.2) is 0 Å². The molecule has 4 aromatic rings. The second-order valence-corrected chi connectivity index (χ2v) is 24.1. The van der Waals surface area contributed by atoms with Gasteiger partial charge < -0.3 is 8.85 Å². The number of hydrogen-bond acceptors (Lipinski definition) is 4. The van der Waals surface area contributed by atoms with E-state index < -0.39 is 16.6 Å². The number of fused-ring (bicyclic) bond motifs is 2. The molecular formula is C41H48O4Si2. The molecule has 2 aliphatic rings. The standard InChI is InChI=1S/C41H48O4Si2/c1-40(2,3)46(30-19-11-7-12-20-30,31-21-13-8-14-22-31)44-28-36-34-27-35(39(43)38(34)42)37(36)29-45-47(41(4,5)6,32-23-15-9-16-24-32)33-25-17-10-18-26-33/h7-26,34-37H,27-29H2,1-6H3/t34-,35+,36-,37+. The van der Waals surface area contributed by atoms with Gasteiger partial charge in [-0.2, -0.15) is 0 Å². The van der Waals surface area contributed by atoms with Gasteiger partial charge in [-0.25, -0.2) is 0 Å². The molecule has 4 atom stereocenters. The predicted octanol–water partition coefficient (Wildman–Crippen LogP) is 6.16. The quantitative estimate of drug-likeness (QED) is 0.151. The molecule has 0 spiro atoms.